The fourth-order valence-electron chi connectivity index (χ4n) is 1.88. The van der Waals surface area contributed by atoms with Crippen molar-refractivity contribution in [1.29, 1.82) is 0 Å². The molecule has 122 valence electrons. The van der Waals surface area contributed by atoms with Crippen LogP contribution in [0, 0.1) is 5.82 Å². The van der Waals surface area contributed by atoms with Crippen molar-refractivity contribution in [2.24, 2.45) is 5.10 Å². The molecule has 0 aliphatic rings. The van der Waals surface area contributed by atoms with Crippen LogP contribution >= 0.6 is 23.4 Å². The van der Waals surface area contributed by atoms with Crippen LogP contribution in [0.25, 0.3) is 11.1 Å². The largest absolute Gasteiger partial charge is 0.431 e. The fourth-order valence-corrected chi connectivity index (χ4v) is 2.72. The third-order valence-electron chi connectivity index (χ3n) is 2.98. The van der Waals surface area contributed by atoms with Gasteiger partial charge >= 0.3 is 0 Å². The van der Waals surface area contributed by atoms with Crippen molar-refractivity contribution in [3.8, 4) is 0 Å². The van der Waals surface area contributed by atoms with Gasteiger partial charge in [-0.25, -0.2) is 14.8 Å². The molecule has 5 nitrogen and oxygen atoms in total. The van der Waals surface area contributed by atoms with Gasteiger partial charge in [0.1, 0.15) is 11.3 Å². The van der Waals surface area contributed by atoms with Crippen molar-refractivity contribution in [1.82, 2.24) is 10.4 Å². The Bertz CT molecular complexity index is 860. The van der Waals surface area contributed by atoms with Crippen molar-refractivity contribution >= 4 is 46.6 Å². The van der Waals surface area contributed by atoms with Gasteiger partial charge in [0.2, 0.25) is 0 Å². The average molecular weight is 364 g/mol. The Hall–Kier alpha value is -2.38. The van der Waals surface area contributed by atoms with Crippen LogP contribution in [0.1, 0.15) is 5.56 Å². The predicted molar refractivity (Wildman–Crippen MR) is 91.9 cm³/mol. The summed E-state index contributed by atoms with van der Waals surface area (Å²) < 4.78 is 19.0. The number of carbonyl (C=O) groups is 1. The first-order valence-corrected chi connectivity index (χ1v) is 8.24. The number of hydrogen-bond acceptors (Lipinski definition) is 5. The minimum atomic E-state index is -0.513. The van der Waals surface area contributed by atoms with Gasteiger partial charge in [0, 0.05) is 5.56 Å². The highest BCUT2D eigenvalue weighted by atomic mass is 35.5. The molecule has 3 rings (SSSR count). The van der Waals surface area contributed by atoms with E-state index in [1.807, 2.05) is 18.2 Å². The van der Waals surface area contributed by atoms with E-state index >= 15 is 0 Å². The summed E-state index contributed by atoms with van der Waals surface area (Å²) in [7, 11) is 0. The van der Waals surface area contributed by atoms with Crippen molar-refractivity contribution in [2.75, 3.05) is 5.75 Å². The maximum atomic E-state index is 13.5. The van der Waals surface area contributed by atoms with Crippen molar-refractivity contribution in [2.45, 2.75) is 5.22 Å². The Morgan fingerprint density at radius 2 is 2.17 bits per heavy atom. The van der Waals surface area contributed by atoms with E-state index < -0.39 is 5.82 Å². The second kappa shape index (κ2) is 7.46. The molecule has 0 radical (unpaired) electrons. The highest BCUT2D eigenvalue weighted by Crippen LogP contribution is 2.22. The molecule has 0 unspecified atom stereocenters. The smallest absolute Gasteiger partial charge is 0.257 e. The third-order valence-corrected chi connectivity index (χ3v) is 4.14. The normalized spacial score (nSPS) is 11.2. The van der Waals surface area contributed by atoms with Gasteiger partial charge in [0.25, 0.3) is 11.1 Å². The molecule has 1 amide bonds. The summed E-state index contributed by atoms with van der Waals surface area (Å²) in [5, 5.41) is 4.32. The molecule has 0 atom stereocenters. The quantitative estimate of drug-likeness (QED) is 0.424. The summed E-state index contributed by atoms with van der Waals surface area (Å²) in [5.74, 6) is -0.817. The van der Waals surface area contributed by atoms with Crippen LogP contribution in [0.4, 0.5) is 4.39 Å². The van der Waals surface area contributed by atoms with Gasteiger partial charge in [-0.3, -0.25) is 4.79 Å². The number of nitrogens with zero attached hydrogens (tertiary/aromatic N) is 2. The highest BCUT2D eigenvalue weighted by molar-refractivity contribution is 7.99. The lowest BCUT2D eigenvalue weighted by atomic mass is 10.2. The number of nitrogens with one attached hydrogen (secondary N) is 1. The van der Waals surface area contributed by atoms with Crippen LogP contribution in [-0.4, -0.2) is 22.9 Å². The molecule has 1 heterocycles. The molecule has 0 fully saturated rings. The van der Waals surface area contributed by atoms with Gasteiger partial charge in [0.05, 0.1) is 17.0 Å². The Labute approximate surface area is 145 Å². The minimum absolute atomic E-state index is 0.0646. The number of rotatable bonds is 5. The monoisotopic (exact) mass is 363 g/mol. The molecule has 0 bridgehead atoms. The number of oxazole rings is 1. The fraction of sp³-hybridized carbons (Fsp3) is 0.0625. The molecule has 2 aromatic carbocycles. The van der Waals surface area contributed by atoms with E-state index in [1.54, 1.807) is 6.07 Å². The SMILES string of the molecule is O=C(CSc1nc2ccccc2o1)N/N=C\c1c(F)cccc1Cl. The Morgan fingerprint density at radius 3 is 2.96 bits per heavy atom. The number of hydrogen-bond donors (Lipinski definition) is 1. The van der Waals surface area contributed by atoms with Gasteiger partial charge in [0.15, 0.2) is 5.58 Å². The van der Waals surface area contributed by atoms with Gasteiger partial charge < -0.3 is 4.42 Å². The molecular weight excluding hydrogens is 353 g/mol. The molecular formula is C16H11ClFN3O2S. The summed E-state index contributed by atoms with van der Waals surface area (Å²) in [6.07, 6.45) is 1.17. The number of para-hydroxylation sites is 2. The summed E-state index contributed by atoms with van der Waals surface area (Å²) in [6.45, 7) is 0. The van der Waals surface area contributed by atoms with E-state index in [1.165, 1.54) is 24.4 Å². The Balaban J connectivity index is 1.55. The molecule has 24 heavy (non-hydrogen) atoms. The lowest BCUT2D eigenvalue weighted by Crippen LogP contribution is -2.19. The van der Waals surface area contributed by atoms with E-state index in [0.717, 1.165) is 17.3 Å². The molecule has 0 spiro atoms. The number of halogens is 2. The maximum Gasteiger partial charge on any atom is 0.257 e. The number of benzene rings is 2. The van der Waals surface area contributed by atoms with Gasteiger partial charge in [-0.1, -0.05) is 41.6 Å². The first-order valence-electron chi connectivity index (χ1n) is 6.88. The second-order valence-electron chi connectivity index (χ2n) is 4.66. The zero-order valence-electron chi connectivity index (χ0n) is 12.2. The van der Waals surface area contributed by atoms with Gasteiger partial charge in [-0.05, 0) is 24.3 Å². The highest BCUT2D eigenvalue weighted by Gasteiger charge is 2.09. The lowest BCUT2D eigenvalue weighted by Gasteiger charge is -2.00. The number of aromatic nitrogens is 1. The summed E-state index contributed by atoms with van der Waals surface area (Å²) >= 11 is 7.00. The second-order valence-corrected chi connectivity index (χ2v) is 6.00. The van der Waals surface area contributed by atoms with E-state index in [2.05, 4.69) is 15.5 Å². The maximum absolute atomic E-state index is 13.5. The molecule has 8 heteroatoms. The van der Waals surface area contributed by atoms with Gasteiger partial charge in [-0.2, -0.15) is 5.10 Å². The standard InChI is InChI=1S/C16H11ClFN3O2S/c17-11-4-3-5-12(18)10(11)8-19-21-15(22)9-24-16-20-13-6-1-2-7-14(13)23-16/h1-8H,9H2,(H,21,22)/b19-8-. The molecule has 1 N–H and O–H groups in total. The predicted octanol–water partition coefficient (Wildman–Crippen LogP) is 3.86. The number of thioether (sulfide) groups is 1. The Morgan fingerprint density at radius 1 is 1.33 bits per heavy atom. The molecule has 0 aliphatic heterocycles. The molecule has 3 aromatic rings. The molecule has 0 aliphatic carbocycles. The van der Waals surface area contributed by atoms with Crippen LogP contribution in [-0.2, 0) is 4.79 Å². The topological polar surface area (TPSA) is 67.5 Å². The van der Waals surface area contributed by atoms with E-state index in [4.69, 9.17) is 16.0 Å². The zero-order valence-corrected chi connectivity index (χ0v) is 13.8. The number of fused-ring (bicyclic) bond motifs is 1. The molecule has 1 aromatic heterocycles. The summed E-state index contributed by atoms with van der Waals surface area (Å²) in [5.41, 5.74) is 3.81. The van der Waals surface area contributed by atoms with Crippen molar-refractivity contribution < 1.29 is 13.6 Å². The van der Waals surface area contributed by atoms with E-state index in [0.29, 0.717) is 10.8 Å². The minimum Gasteiger partial charge on any atom is -0.431 e. The Kier molecular flexibility index (Phi) is 5.12. The summed E-state index contributed by atoms with van der Waals surface area (Å²) in [4.78, 5) is 16.0. The third kappa shape index (κ3) is 3.93. The first-order chi connectivity index (χ1) is 11.6. The van der Waals surface area contributed by atoms with Crippen LogP contribution in [0.15, 0.2) is 57.2 Å². The van der Waals surface area contributed by atoms with Crippen LogP contribution in [0.5, 0.6) is 0 Å². The number of amides is 1. The van der Waals surface area contributed by atoms with E-state index in [-0.39, 0.29) is 22.2 Å². The number of hydrazone groups is 1. The number of carbonyl (C=O) groups excluding carboxylic acids is 1. The van der Waals surface area contributed by atoms with Crippen LogP contribution in [0.2, 0.25) is 5.02 Å². The first kappa shape index (κ1) is 16.5. The van der Waals surface area contributed by atoms with Crippen LogP contribution in [0.3, 0.4) is 0 Å². The van der Waals surface area contributed by atoms with Crippen molar-refractivity contribution in [3.63, 3.8) is 0 Å². The van der Waals surface area contributed by atoms with E-state index in [9.17, 15) is 9.18 Å². The average Bonchev–Trinajstić information content (AvgIpc) is 2.98. The summed E-state index contributed by atoms with van der Waals surface area (Å²) in [6, 6.07) is 11.6. The van der Waals surface area contributed by atoms with Crippen LogP contribution < -0.4 is 5.43 Å². The molecule has 0 saturated heterocycles. The van der Waals surface area contributed by atoms with Gasteiger partial charge in [-0.15, -0.1) is 0 Å². The van der Waals surface area contributed by atoms with Crippen molar-refractivity contribution in [3.05, 3.63) is 58.9 Å². The lowest BCUT2D eigenvalue weighted by molar-refractivity contribution is -0.118. The zero-order chi connectivity index (χ0) is 16.9. The molecule has 0 saturated carbocycles.